The zero-order valence-electron chi connectivity index (χ0n) is 34.9. The number of benzene rings is 3. The van der Waals surface area contributed by atoms with Gasteiger partial charge in [0.25, 0.3) is 0 Å². The number of methoxy groups -OCH3 is 3. The summed E-state index contributed by atoms with van der Waals surface area (Å²) in [5.41, 5.74) is 7.93. The molecule has 0 spiro atoms. The number of pyridine rings is 1. The molecule has 2 aliphatic heterocycles. The van der Waals surface area contributed by atoms with Gasteiger partial charge in [-0.25, -0.2) is 0 Å². The molecule has 0 unspecified atom stereocenters. The normalized spacial score (nSPS) is 15.9. The van der Waals surface area contributed by atoms with Gasteiger partial charge in [0.2, 0.25) is 0 Å². The highest BCUT2D eigenvalue weighted by Crippen LogP contribution is 2.38. The summed E-state index contributed by atoms with van der Waals surface area (Å²) in [7, 11) is 5.17. The number of ether oxygens (including phenoxy) is 6. The molecule has 2 atom stereocenters. The number of aromatic nitrogens is 1. The molecule has 3 aromatic carbocycles. The lowest BCUT2D eigenvalue weighted by molar-refractivity contribution is 0.334. The van der Waals surface area contributed by atoms with E-state index in [9.17, 15) is 0 Å². The minimum absolute atomic E-state index is 0. The van der Waals surface area contributed by atoms with Crippen LogP contribution in [0.1, 0.15) is 86.1 Å². The highest BCUT2D eigenvalue weighted by molar-refractivity contribution is 5.85. The van der Waals surface area contributed by atoms with Crippen molar-refractivity contribution in [3.05, 3.63) is 88.7 Å². The van der Waals surface area contributed by atoms with Crippen molar-refractivity contribution >= 4 is 24.8 Å². The third-order valence-corrected chi connectivity index (χ3v) is 9.90. The average Bonchev–Trinajstić information content (AvgIpc) is 3.21. The first-order valence-corrected chi connectivity index (χ1v) is 19.5. The van der Waals surface area contributed by atoms with E-state index in [1.165, 1.54) is 36.8 Å². The Labute approximate surface area is 348 Å². The maximum absolute atomic E-state index is 5.69. The molecule has 310 valence electrons. The molecule has 6 rings (SSSR count). The summed E-state index contributed by atoms with van der Waals surface area (Å²) >= 11 is 0. The summed E-state index contributed by atoms with van der Waals surface area (Å²) in [4.78, 5) is 4.14. The van der Waals surface area contributed by atoms with Crippen LogP contribution in [-0.2, 0) is 0 Å². The first kappa shape index (κ1) is 48.3. The highest BCUT2D eigenvalue weighted by atomic mass is 35.5. The standard InChI is InChI=1S/2C15H23NO2.C15H17NO2.2ClH/c3*1-4-18-14-9-13(12-6-5-7-16-10-12)15(17-3)8-11(14)2;;/h2*8-9,12,16H,4-7,10H2,1-3H3;5-10H,4H2,1-3H3;2*1H/t2*12-;;;/m10.../s1. The molecule has 56 heavy (non-hydrogen) atoms. The summed E-state index contributed by atoms with van der Waals surface area (Å²) in [5, 5.41) is 6.91. The third kappa shape index (κ3) is 13.4. The van der Waals surface area contributed by atoms with Crippen LogP contribution in [0.4, 0.5) is 0 Å². The van der Waals surface area contributed by atoms with E-state index in [0.29, 0.717) is 31.7 Å². The van der Waals surface area contributed by atoms with Crippen molar-refractivity contribution in [1.29, 1.82) is 0 Å². The van der Waals surface area contributed by atoms with Gasteiger partial charge < -0.3 is 39.1 Å². The van der Waals surface area contributed by atoms with Crippen molar-refractivity contribution in [1.82, 2.24) is 15.6 Å². The Kier molecular flexibility index (Phi) is 21.9. The van der Waals surface area contributed by atoms with Crippen LogP contribution in [0.25, 0.3) is 11.1 Å². The predicted octanol–water partition coefficient (Wildman–Crippen LogP) is 10.0. The van der Waals surface area contributed by atoms with E-state index >= 15 is 0 Å². The summed E-state index contributed by atoms with van der Waals surface area (Å²) < 4.78 is 33.5. The molecule has 1 aromatic heterocycles. The summed E-state index contributed by atoms with van der Waals surface area (Å²) in [6.45, 7) is 18.5. The largest absolute Gasteiger partial charge is 0.496 e. The maximum Gasteiger partial charge on any atom is 0.127 e. The van der Waals surface area contributed by atoms with Gasteiger partial charge in [-0.3, -0.25) is 4.98 Å². The Balaban J connectivity index is 0.000000285. The van der Waals surface area contributed by atoms with Crippen LogP contribution >= 0.6 is 24.8 Å². The van der Waals surface area contributed by atoms with Crippen molar-refractivity contribution in [2.75, 3.05) is 67.3 Å². The van der Waals surface area contributed by atoms with Gasteiger partial charge >= 0.3 is 0 Å². The SMILES string of the molecule is CCOc1cc(-c2cccnc2)c(OC)cc1C.CCOc1cc([C@@H]2CCCNC2)c(OC)cc1C.CCOc1cc([C@H]2CCCNC2)c(OC)cc1C.Cl.Cl. The first-order chi connectivity index (χ1) is 26.3. The van der Waals surface area contributed by atoms with E-state index in [1.807, 2.05) is 58.2 Å². The van der Waals surface area contributed by atoms with Crippen LogP contribution in [-0.4, -0.2) is 72.3 Å². The molecule has 0 aliphatic carbocycles. The Hall–Kier alpha value is -3.89. The predicted molar refractivity (Wildman–Crippen MR) is 234 cm³/mol. The molecule has 3 heterocycles. The van der Waals surface area contributed by atoms with E-state index in [1.54, 1.807) is 27.5 Å². The average molecular weight is 815 g/mol. The van der Waals surface area contributed by atoms with Crippen molar-refractivity contribution < 1.29 is 28.4 Å². The number of hydrogen-bond donors (Lipinski definition) is 2. The van der Waals surface area contributed by atoms with Gasteiger partial charge in [-0.1, -0.05) is 6.07 Å². The zero-order valence-corrected chi connectivity index (χ0v) is 36.6. The maximum atomic E-state index is 5.69. The number of nitrogens with one attached hydrogen (secondary N) is 2. The number of halogens is 2. The van der Waals surface area contributed by atoms with Crippen molar-refractivity contribution in [3.8, 4) is 45.6 Å². The van der Waals surface area contributed by atoms with E-state index in [0.717, 1.165) is 88.5 Å². The molecule has 2 fully saturated rings. The Morgan fingerprint density at radius 3 is 1.38 bits per heavy atom. The summed E-state index contributed by atoms with van der Waals surface area (Å²) in [6.07, 6.45) is 8.48. The first-order valence-electron chi connectivity index (χ1n) is 19.5. The molecule has 9 nitrogen and oxygen atoms in total. The molecular weight excluding hydrogens is 749 g/mol. The minimum atomic E-state index is 0. The number of hydrogen-bond acceptors (Lipinski definition) is 9. The number of rotatable bonds is 12. The second-order valence-corrected chi connectivity index (χ2v) is 13.7. The molecule has 0 amide bonds. The smallest absolute Gasteiger partial charge is 0.127 e. The van der Waals surface area contributed by atoms with Crippen LogP contribution in [0.5, 0.6) is 34.5 Å². The van der Waals surface area contributed by atoms with Crippen LogP contribution in [0.3, 0.4) is 0 Å². The molecule has 0 radical (unpaired) electrons. The monoisotopic (exact) mass is 813 g/mol. The fourth-order valence-electron chi connectivity index (χ4n) is 7.09. The van der Waals surface area contributed by atoms with E-state index in [-0.39, 0.29) is 24.8 Å². The molecular formula is C45H65Cl2N3O6. The highest BCUT2D eigenvalue weighted by Gasteiger charge is 2.22. The van der Waals surface area contributed by atoms with Gasteiger partial charge in [0.15, 0.2) is 0 Å². The fraction of sp³-hybridized carbons (Fsp3) is 0.489. The number of nitrogens with zero attached hydrogens (tertiary/aromatic N) is 1. The molecule has 4 aromatic rings. The van der Waals surface area contributed by atoms with Crippen LogP contribution in [0.2, 0.25) is 0 Å². The topological polar surface area (TPSA) is 92.3 Å². The lowest BCUT2D eigenvalue weighted by atomic mass is 9.90. The van der Waals surface area contributed by atoms with E-state index in [4.69, 9.17) is 28.4 Å². The molecule has 0 saturated carbocycles. The van der Waals surface area contributed by atoms with E-state index < -0.39 is 0 Å². The van der Waals surface area contributed by atoms with Crippen LogP contribution in [0, 0.1) is 20.8 Å². The Morgan fingerprint density at radius 1 is 0.589 bits per heavy atom. The van der Waals surface area contributed by atoms with Crippen molar-refractivity contribution in [2.45, 2.75) is 79.1 Å². The second kappa shape index (κ2) is 25.4. The van der Waals surface area contributed by atoms with Crippen molar-refractivity contribution in [2.24, 2.45) is 0 Å². The van der Waals surface area contributed by atoms with Crippen LogP contribution < -0.4 is 39.1 Å². The summed E-state index contributed by atoms with van der Waals surface area (Å²) in [6, 6.07) is 16.4. The Bertz CT molecular complexity index is 1650. The van der Waals surface area contributed by atoms with Gasteiger partial charge in [0, 0.05) is 59.6 Å². The van der Waals surface area contributed by atoms with Gasteiger partial charge in [-0.2, -0.15) is 0 Å². The quantitative estimate of drug-likeness (QED) is 0.145. The van der Waals surface area contributed by atoms with Gasteiger partial charge in [-0.05, 0) is 139 Å². The van der Waals surface area contributed by atoms with Crippen LogP contribution in [0.15, 0.2) is 60.9 Å². The lowest BCUT2D eigenvalue weighted by Crippen LogP contribution is -2.28. The summed E-state index contributed by atoms with van der Waals surface area (Å²) in [5.74, 6) is 6.75. The number of piperidine rings is 2. The number of aryl methyl sites for hydroxylation is 3. The molecule has 2 saturated heterocycles. The van der Waals surface area contributed by atoms with Gasteiger partial charge in [0.1, 0.15) is 34.5 Å². The Morgan fingerprint density at radius 2 is 1.02 bits per heavy atom. The van der Waals surface area contributed by atoms with E-state index in [2.05, 4.69) is 53.7 Å². The minimum Gasteiger partial charge on any atom is -0.496 e. The fourth-order valence-corrected chi connectivity index (χ4v) is 7.09. The van der Waals surface area contributed by atoms with Gasteiger partial charge in [-0.15, -0.1) is 24.8 Å². The van der Waals surface area contributed by atoms with Crippen molar-refractivity contribution in [3.63, 3.8) is 0 Å². The molecule has 2 N–H and O–H groups in total. The third-order valence-electron chi connectivity index (χ3n) is 9.90. The zero-order chi connectivity index (χ0) is 38.9. The molecule has 11 heteroatoms. The van der Waals surface area contributed by atoms with Gasteiger partial charge in [0.05, 0.1) is 41.2 Å². The second-order valence-electron chi connectivity index (χ2n) is 13.7. The molecule has 2 aliphatic rings. The lowest BCUT2D eigenvalue weighted by Gasteiger charge is -2.25. The molecule has 0 bridgehead atoms.